The van der Waals surface area contributed by atoms with E-state index in [0.717, 1.165) is 18.7 Å². The van der Waals surface area contributed by atoms with Crippen molar-refractivity contribution >= 4 is 11.6 Å². The Bertz CT molecular complexity index is 1420. The quantitative estimate of drug-likeness (QED) is 0.287. The topological polar surface area (TPSA) is 109 Å². The Morgan fingerprint density at radius 3 is 2.35 bits per heavy atom. The number of halogens is 1. The van der Waals surface area contributed by atoms with Gasteiger partial charge in [-0.15, -0.1) is 4.91 Å². The number of carbonyl (C=O) groups is 1. The van der Waals surface area contributed by atoms with Crippen molar-refractivity contribution in [2.45, 2.75) is 20.4 Å². The predicted molar refractivity (Wildman–Crippen MR) is 139 cm³/mol. The number of phenolic OH excluding ortho intramolecular Hbond substituents is 1. The van der Waals surface area contributed by atoms with Gasteiger partial charge in [-0.1, -0.05) is 41.6 Å². The first-order valence-corrected chi connectivity index (χ1v) is 12.0. The van der Waals surface area contributed by atoms with Gasteiger partial charge in [0.05, 0.1) is 24.7 Å². The Hall–Kier alpha value is -4.37. The summed E-state index contributed by atoms with van der Waals surface area (Å²) in [6.07, 6.45) is 0. The van der Waals surface area contributed by atoms with E-state index in [4.69, 9.17) is 4.52 Å². The van der Waals surface area contributed by atoms with Crippen LogP contribution < -0.4 is 10.2 Å². The van der Waals surface area contributed by atoms with Crippen LogP contribution in [0.4, 0.5) is 10.1 Å². The minimum absolute atomic E-state index is 0.0234. The molecule has 1 unspecified atom stereocenters. The number of nitroso groups, excluding NO2 is 1. The van der Waals surface area contributed by atoms with Crippen LogP contribution in [0.15, 0.2) is 70.4 Å². The number of nitrogens with one attached hydrogen (secondary N) is 2. The first-order chi connectivity index (χ1) is 17.9. The summed E-state index contributed by atoms with van der Waals surface area (Å²) < 4.78 is 19.1. The van der Waals surface area contributed by atoms with Gasteiger partial charge >= 0.3 is 0 Å². The van der Waals surface area contributed by atoms with E-state index in [1.807, 2.05) is 24.3 Å². The lowest BCUT2D eigenvalue weighted by Crippen LogP contribution is -3.07. The van der Waals surface area contributed by atoms with Gasteiger partial charge in [0.25, 0.3) is 5.91 Å². The normalized spacial score (nSPS) is 11.8. The number of aromatic nitrogens is 1. The third kappa shape index (κ3) is 5.41. The summed E-state index contributed by atoms with van der Waals surface area (Å²) in [6, 6.07) is 16.0. The maximum Gasteiger partial charge on any atom is 0.274 e. The molecule has 4 aromatic rings. The minimum Gasteiger partial charge on any atom is -0.507 e. The molecule has 1 amide bonds. The van der Waals surface area contributed by atoms with Crippen molar-refractivity contribution in [2.75, 3.05) is 20.1 Å². The lowest BCUT2D eigenvalue weighted by atomic mass is 9.94. The second kappa shape index (κ2) is 11.1. The smallest absolute Gasteiger partial charge is 0.274 e. The van der Waals surface area contributed by atoms with Crippen LogP contribution in [0.3, 0.4) is 0 Å². The Morgan fingerprint density at radius 1 is 1.05 bits per heavy atom. The molecule has 0 aliphatic heterocycles. The molecule has 37 heavy (non-hydrogen) atoms. The van der Waals surface area contributed by atoms with Gasteiger partial charge in [-0.2, -0.15) is 0 Å². The molecule has 3 aromatic carbocycles. The zero-order chi connectivity index (χ0) is 26.5. The minimum atomic E-state index is -0.428. The van der Waals surface area contributed by atoms with Crippen molar-refractivity contribution in [3.63, 3.8) is 0 Å². The molecule has 4 rings (SSSR count). The second-order valence-corrected chi connectivity index (χ2v) is 8.76. The maximum atomic E-state index is 13.5. The summed E-state index contributed by atoms with van der Waals surface area (Å²) in [4.78, 5) is 25.7. The zero-order valence-corrected chi connectivity index (χ0v) is 20.8. The number of aromatic hydroxyl groups is 1. The highest BCUT2D eigenvalue weighted by atomic mass is 19.1. The van der Waals surface area contributed by atoms with Gasteiger partial charge < -0.3 is 19.8 Å². The van der Waals surface area contributed by atoms with Crippen molar-refractivity contribution in [2.24, 2.45) is 5.18 Å². The highest BCUT2D eigenvalue weighted by molar-refractivity contribution is 6.03. The van der Waals surface area contributed by atoms with Gasteiger partial charge in [0.1, 0.15) is 23.8 Å². The van der Waals surface area contributed by atoms with E-state index in [2.05, 4.69) is 29.6 Å². The Balaban J connectivity index is 1.88. The van der Waals surface area contributed by atoms with Gasteiger partial charge in [0.2, 0.25) is 0 Å². The molecular formula is C28H28FN4O4+. The molecule has 0 bridgehead atoms. The number of hydrogen-bond donors (Lipinski definition) is 3. The van der Waals surface area contributed by atoms with Crippen molar-refractivity contribution in [1.82, 2.24) is 10.5 Å². The van der Waals surface area contributed by atoms with Gasteiger partial charge in [0, 0.05) is 23.7 Å². The number of phenols is 1. The monoisotopic (exact) mass is 503 g/mol. The summed E-state index contributed by atoms with van der Waals surface area (Å²) in [5, 5.41) is 20.6. The number of nitrogens with zero attached hydrogens (tertiary/aromatic N) is 2. The number of hydrogen-bond acceptors (Lipinski definition) is 6. The van der Waals surface area contributed by atoms with Crippen LogP contribution in [0.5, 0.6) is 5.75 Å². The number of quaternary nitrogens is 1. The summed E-state index contributed by atoms with van der Waals surface area (Å²) in [6.45, 7) is 6.14. The highest BCUT2D eigenvalue weighted by Crippen LogP contribution is 2.44. The molecule has 0 spiro atoms. The molecule has 0 aliphatic rings. The Morgan fingerprint density at radius 2 is 1.73 bits per heavy atom. The number of rotatable bonds is 9. The van der Waals surface area contributed by atoms with Crippen LogP contribution in [-0.4, -0.2) is 36.3 Å². The van der Waals surface area contributed by atoms with Gasteiger partial charge in [-0.05, 0) is 48.4 Å². The van der Waals surface area contributed by atoms with E-state index >= 15 is 0 Å². The largest absolute Gasteiger partial charge is 0.507 e. The number of amides is 1. The van der Waals surface area contributed by atoms with E-state index in [1.54, 1.807) is 6.92 Å². The number of carbonyl (C=O) groups excluding carboxylic acids is 1. The fraction of sp³-hybridized carbons (Fsp3) is 0.214. The zero-order valence-electron chi connectivity index (χ0n) is 20.8. The molecule has 8 nitrogen and oxygen atoms in total. The summed E-state index contributed by atoms with van der Waals surface area (Å²) in [5.41, 5.74) is 3.36. The van der Waals surface area contributed by atoms with Gasteiger partial charge in [-0.25, -0.2) is 4.39 Å². The molecule has 0 radical (unpaired) electrons. The lowest BCUT2D eigenvalue weighted by molar-refractivity contribution is -0.891. The first kappa shape index (κ1) is 25.7. The standard InChI is InChI=1S/C28H27FN4O4/c1-4-30-28(35)26-25(19-8-6-17(7-9-19)16-33(3)5-2)27(37-32-26)22-14-21(23(31-36)15-24(22)34)18-10-12-20(29)13-11-18/h6-15,34H,4-5,16H2,1-3H3,(H,30,35)/p+1. The summed E-state index contributed by atoms with van der Waals surface area (Å²) >= 11 is 0. The van der Waals surface area contributed by atoms with Crippen molar-refractivity contribution in [3.8, 4) is 39.3 Å². The third-order valence-corrected chi connectivity index (χ3v) is 6.21. The van der Waals surface area contributed by atoms with Crippen molar-refractivity contribution < 1.29 is 23.7 Å². The molecule has 0 saturated carbocycles. The summed E-state index contributed by atoms with van der Waals surface area (Å²) in [5.74, 6) is -0.965. The fourth-order valence-corrected chi connectivity index (χ4v) is 4.10. The molecule has 0 fully saturated rings. The molecular weight excluding hydrogens is 475 g/mol. The van der Waals surface area contributed by atoms with Crippen LogP contribution >= 0.6 is 0 Å². The maximum absolute atomic E-state index is 13.5. The average Bonchev–Trinajstić information content (AvgIpc) is 3.34. The lowest BCUT2D eigenvalue weighted by Gasteiger charge is -2.12. The number of benzene rings is 3. The van der Waals surface area contributed by atoms with Crippen LogP contribution in [0, 0.1) is 10.7 Å². The van der Waals surface area contributed by atoms with Gasteiger partial charge in [-0.3, -0.25) is 4.79 Å². The second-order valence-electron chi connectivity index (χ2n) is 8.76. The van der Waals surface area contributed by atoms with E-state index < -0.39 is 11.7 Å². The summed E-state index contributed by atoms with van der Waals surface area (Å²) in [7, 11) is 2.11. The molecule has 1 atom stereocenters. The van der Waals surface area contributed by atoms with Gasteiger partial charge in [0.15, 0.2) is 11.5 Å². The van der Waals surface area contributed by atoms with Crippen LogP contribution in [0.25, 0.3) is 33.6 Å². The van der Waals surface area contributed by atoms with Crippen LogP contribution in [0.2, 0.25) is 0 Å². The van der Waals surface area contributed by atoms with E-state index in [1.165, 1.54) is 41.3 Å². The Kier molecular flexibility index (Phi) is 7.74. The van der Waals surface area contributed by atoms with E-state index in [-0.39, 0.29) is 28.5 Å². The predicted octanol–water partition coefficient (Wildman–Crippen LogP) is 4.70. The molecule has 1 heterocycles. The first-order valence-electron chi connectivity index (χ1n) is 12.0. The molecule has 0 aliphatic carbocycles. The van der Waals surface area contributed by atoms with Crippen LogP contribution in [-0.2, 0) is 6.54 Å². The molecule has 190 valence electrons. The van der Waals surface area contributed by atoms with Crippen molar-refractivity contribution in [1.29, 1.82) is 0 Å². The fourth-order valence-electron chi connectivity index (χ4n) is 4.10. The SMILES string of the molecule is CCNC(=O)c1noc(-c2cc(-c3ccc(F)cc3)c(N=O)cc2O)c1-c1ccc(C[NH+](C)CC)cc1. The van der Waals surface area contributed by atoms with Crippen molar-refractivity contribution in [3.05, 3.63) is 82.6 Å². The average molecular weight is 504 g/mol. The molecule has 9 heteroatoms. The molecule has 0 saturated heterocycles. The van der Waals surface area contributed by atoms with E-state index in [0.29, 0.717) is 28.8 Å². The molecule has 1 aromatic heterocycles. The molecule has 3 N–H and O–H groups in total. The highest BCUT2D eigenvalue weighted by Gasteiger charge is 2.27. The van der Waals surface area contributed by atoms with Crippen LogP contribution in [0.1, 0.15) is 29.9 Å². The Labute approximate surface area is 213 Å². The van der Waals surface area contributed by atoms with E-state index in [9.17, 15) is 19.2 Å². The third-order valence-electron chi connectivity index (χ3n) is 6.21.